The summed E-state index contributed by atoms with van der Waals surface area (Å²) < 4.78 is 50.9. The first-order valence-electron chi connectivity index (χ1n) is 7.05. The molecule has 0 aliphatic carbocycles. The van der Waals surface area contributed by atoms with E-state index in [-0.39, 0.29) is 31.2 Å². The molecule has 1 fully saturated rings. The van der Waals surface area contributed by atoms with Gasteiger partial charge in [-0.15, -0.1) is 0 Å². The summed E-state index contributed by atoms with van der Waals surface area (Å²) in [6.07, 6.45) is -4.00. The van der Waals surface area contributed by atoms with Gasteiger partial charge in [0.1, 0.15) is 5.60 Å². The predicted molar refractivity (Wildman–Crippen MR) is 68.8 cm³/mol. The monoisotopic (exact) mass is 307 g/mol. The van der Waals surface area contributed by atoms with Crippen molar-refractivity contribution in [2.45, 2.75) is 50.8 Å². The number of hydrogen-bond acceptors (Lipinski definition) is 5. The summed E-state index contributed by atoms with van der Waals surface area (Å²) in [4.78, 5) is 4.03. The van der Waals surface area contributed by atoms with E-state index in [9.17, 15) is 13.2 Å². The minimum Gasteiger partial charge on any atom is -0.367 e. The number of nitrogens with zero attached hydrogens (tertiary/aromatic N) is 2. The lowest BCUT2D eigenvalue weighted by Gasteiger charge is -2.27. The zero-order valence-corrected chi connectivity index (χ0v) is 12.4. The van der Waals surface area contributed by atoms with Gasteiger partial charge in [0.2, 0.25) is 11.7 Å². The van der Waals surface area contributed by atoms with Crippen LogP contribution in [0.5, 0.6) is 0 Å². The van der Waals surface area contributed by atoms with Crippen molar-refractivity contribution in [3.8, 4) is 0 Å². The summed E-state index contributed by atoms with van der Waals surface area (Å²) in [6, 6.07) is 0. The Labute approximate surface area is 121 Å². The Morgan fingerprint density at radius 1 is 1.38 bits per heavy atom. The van der Waals surface area contributed by atoms with Gasteiger partial charge in [-0.05, 0) is 33.2 Å². The number of halogens is 3. The first-order chi connectivity index (χ1) is 9.79. The van der Waals surface area contributed by atoms with Gasteiger partial charge < -0.3 is 14.6 Å². The van der Waals surface area contributed by atoms with Crippen molar-refractivity contribution in [3.05, 3.63) is 11.7 Å². The van der Waals surface area contributed by atoms with Crippen molar-refractivity contribution in [2.75, 3.05) is 19.7 Å². The van der Waals surface area contributed by atoms with Crippen molar-refractivity contribution in [2.24, 2.45) is 0 Å². The molecular weight excluding hydrogens is 287 g/mol. The molecule has 8 heteroatoms. The molecule has 0 radical (unpaired) electrons. The molecule has 2 atom stereocenters. The summed E-state index contributed by atoms with van der Waals surface area (Å²) in [7, 11) is 0. The average molecular weight is 307 g/mol. The molecule has 5 nitrogen and oxygen atoms in total. The highest BCUT2D eigenvalue weighted by Gasteiger charge is 2.61. The fourth-order valence-electron chi connectivity index (χ4n) is 2.51. The summed E-state index contributed by atoms with van der Waals surface area (Å²) >= 11 is 0. The van der Waals surface area contributed by atoms with E-state index in [0.29, 0.717) is 13.0 Å². The Kier molecular flexibility index (Phi) is 4.30. The highest BCUT2D eigenvalue weighted by Crippen LogP contribution is 2.45. The van der Waals surface area contributed by atoms with Crippen molar-refractivity contribution in [1.82, 2.24) is 15.5 Å². The average Bonchev–Trinajstić information content (AvgIpc) is 3.07. The van der Waals surface area contributed by atoms with Gasteiger partial charge in [-0.1, -0.05) is 12.1 Å². The molecule has 1 saturated heterocycles. The van der Waals surface area contributed by atoms with Gasteiger partial charge >= 0.3 is 6.18 Å². The van der Waals surface area contributed by atoms with E-state index >= 15 is 0 Å². The highest BCUT2D eigenvalue weighted by atomic mass is 19.4. The van der Waals surface area contributed by atoms with Gasteiger partial charge in [0.15, 0.2) is 5.41 Å². The van der Waals surface area contributed by atoms with Crippen LogP contribution in [0.3, 0.4) is 0 Å². The van der Waals surface area contributed by atoms with Gasteiger partial charge in [0.25, 0.3) is 0 Å². The Hall–Kier alpha value is -1.15. The number of ether oxygens (including phenoxy) is 1. The Morgan fingerprint density at radius 3 is 2.57 bits per heavy atom. The van der Waals surface area contributed by atoms with E-state index in [1.807, 2.05) is 13.8 Å². The zero-order valence-electron chi connectivity index (χ0n) is 12.4. The first kappa shape index (κ1) is 16.2. The molecular formula is C13H20F3N3O2. The Balaban J connectivity index is 2.38. The molecule has 1 aliphatic rings. The lowest BCUT2D eigenvalue weighted by molar-refractivity contribution is -0.191. The first-order valence-corrected chi connectivity index (χ1v) is 7.05. The van der Waals surface area contributed by atoms with Gasteiger partial charge in [0.05, 0.1) is 0 Å². The molecule has 1 N–H and O–H groups in total. The van der Waals surface area contributed by atoms with Crippen molar-refractivity contribution >= 4 is 0 Å². The molecule has 0 bridgehead atoms. The van der Waals surface area contributed by atoms with Crippen LogP contribution in [0, 0.1) is 0 Å². The molecule has 2 rings (SSSR count). The Bertz CT molecular complexity index is 483. The number of rotatable bonds is 5. The Morgan fingerprint density at radius 2 is 2.10 bits per heavy atom. The largest absolute Gasteiger partial charge is 0.404 e. The van der Waals surface area contributed by atoms with Gasteiger partial charge in [-0.3, -0.25) is 0 Å². The normalized spacial score (nSPS) is 26.0. The number of nitrogens with one attached hydrogen (secondary N) is 1. The highest BCUT2D eigenvalue weighted by molar-refractivity contribution is 5.15. The summed E-state index contributed by atoms with van der Waals surface area (Å²) in [5, 5.41) is 6.47. The van der Waals surface area contributed by atoms with Crippen LogP contribution in [0.15, 0.2) is 4.52 Å². The minimum absolute atomic E-state index is 0.102. The quantitative estimate of drug-likeness (QED) is 0.906. The predicted octanol–water partition coefficient (Wildman–Crippen LogP) is 2.52. The SMILES string of the molecule is CCOC(C)(CC)c1noc(C2(C(F)(F)F)CCNC2)n1. The number of aromatic nitrogens is 2. The van der Waals surface area contributed by atoms with Crippen LogP contribution < -0.4 is 5.32 Å². The van der Waals surface area contributed by atoms with Crippen LogP contribution in [-0.4, -0.2) is 36.0 Å². The van der Waals surface area contributed by atoms with Crippen LogP contribution in [0.2, 0.25) is 0 Å². The summed E-state index contributed by atoms with van der Waals surface area (Å²) in [6.45, 7) is 5.87. The maximum absolute atomic E-state index is 13.4. The summed E-state index contributed by atoms with van der Waals surface area (Å²) in [5.74, 6) is -0.216. The molecule has 1 aromatic heterocycles. The number of alkyl halides is 3. The second-order valence-corrected chi connectivity index (χ2v) is 5.45. The van der Waals surface area contributed by atoms with Crippen molar-refractivity contribution < 1.29 is 22.4 Å². The molecule has 1 aliphatic heterocycles. The molecule has 120 valence electrons. The molecule has 0 aromatic carbocycles. The summed E-state index contributed by atoms with van der Waals surface area (Å²) in [5.41, 5.74) is -2.94. The molecule has 1 aromatic rings. The van der Waals surface area contributed by atoms with Crippen LogP contribution in [-0.2, 0) is 15.8 Å². The van der Waals surface area contributed by atoms with Crippen molar-refractivity contribution in [1.29, 1.82) is 0 Å². The van der Waals surface area contributed by atoms with Crippen LogP contribution in [0.1, 0.15) is 45.3 Å². The van der Waals surface area contributed by atoms with Crippen molar-refractivity contribution in [3.63, 3.8) is 0 Å². The van der Waals surface area contributed by atoms with Crippen LogP contribution in [0.25, 0.3) is 0 Å². The maximum Gasteiger partial charge on any atom is 0.404 e. The van der Waals surface area contributed by atoms with E-state index < -0.39 is 17.2 Å². The van der Waals surface area contributed by atoms with Crippen LogP contribution >= 0.6 is 0 Å². The molecule has 21 heavy (non-hydrogen) atoms. The van der Waals surface area contributed by atoms with Crippen LogP contribution in [0.4, 0.5) is 13.2 Å². The van der Waals surface area contributed by atoms with Gasteiger partial charge in [0, 0.05) is 13.2 Å². The van der Waals surface area contributed by atoms with E-state index in [2.05, 4.69) is 15.5 Å². The molecule has 0 saturated carbocycles. The molecule has 2 unspecified atom stereocenters. The second-order valence-electron chi connectivity index (χ2n) is 5.45. The molecule has 0 spiro atoms. The maximum atomic E-state index is 13.4. The standard InChI is InChI=1S/C13H20F3N3O2/c1-4-11(3,20-5-2)9-18-10(21-19-9)12(13(14,15)16)6-7-17-8-12/h17H,4-8H2,1-3H3. The van der Waals surface area contributed by atoms with E-state index in [0.717, 1.165) is 0 Å². The molecule has 2 heterocycles. The van der Waals surface area contributed by atoms with E-state index in [4.69, 9.17) is 9.26 Å². The van der Waals surface area contributed by atoms with E-state index in [1.165, 1.54) is 0 Å². The topological polar surface area (TPSA) is 60.2 Å². The minimum atomic E-state index is -4.44. The van der Waals surface area contributed by atoms with Gasteiger partial charge in [-0.25, -0.2) is 0 Å². The third-order valence-corrected chi connectivity index (χ3v) is 4.14. The third kappa shape index (κ3) is 2.66. The zero-order chi connectivity index (χ0) is 15.7. The van der Waals surface area contributed by atoms with Gasteiger partial charge in [-0.2, -0.15) is 18.2 Å². The number of hydrogen-bond donors (Lipinski definition) is 1. The fourth-order valence-corrected chi connectivity index (χ4v) is 2.51. The lowest BCUT2D eigenvalue weighted by Crippen LogP contribution is -2.44. The smallest absolute Gasteiger partial charge is 0.367 e. The third-order valence-electron chi connectivity index (χ3n) is 4.14. The fraction of sp³-hybridized carbons (Fsp3) is 0.846. The lowest BCUT2D eigenvalue weighted by atomic mass is 9.86. The second kappa shape index (κ2) is 5.57. The molecule has 0 amide bonds. The van der Waals surface area contributed by atoms with E-state index in [1.54, 1.807) is 6.92 Å².